The molecule has 0 saturated carbocycles. The number of nitrogens with one attached hydrogen (secondary N) is 1. The van der Waals surface area contributed by atoms with Gasteiger partial charge < -0.3 is 5.73 Å². The Balaban J connectivity index is 1.98. The van der Waals surface area contributed by atoms with Gasteiger partial charge in [-0.15, -0.1) is 5.10 Å². The number of anilines is 1. The number of aromatic nitrogens is 7. The predicted molar refractivity (Wildman–Crippen MR) is 58.9 cm³/mol. The average molecular weight is 228 g/mol. The number of rotatable bonds is 2. The minimum absolute atomic E-state index is 0.225. The summed E-state index contributed by atoms with van der Waals surface area (Å²) in [5.41, 5.74) is 6.13. The normalized spacial score (nSPS) is 10.6. The first-order valence-electron chi connectivity index (χ1n) is 4.81. The van der Waals surface area contributed by atoms with E-state index in [2.05, 4.69) is 30.1 Å². The number of hydrogen-bond donors (Lipinski definition) is 2. The van der Waals surface area contributed by atoms with E-state index in [1.807, 2.05) is 0 Å². The minimum atomic E-state index is 0.225. The molecule has 0 aromatic carbocycles. The fourth-order valence-corrected chi connectivity index (χ4v) is 1.34. The third-order valence-electron chi connectivity index (χ3n) is 2.15. The second-order valence-electron chi connectivity index (χ2n) is 3.28. The van der Waals surface area contributed by atoms with Crippen LogP contribution in [-0.2, 0) is 0 Å². The summed E-state index contributed by atoms with van der Waals surface area (Å²) in [5, 5.41) is 6.86. The van der Waals surface area contributed by atoms with E-state index in [0.717, 1.165) is 5.56 Å². The third-order valence-corrected chi connectivity index (χ3v) is 2.15. The Morgan fingerprint density at radius 1 is 1.24 bits per heavy atom. The Kier molecular flexibility index (Phi) is 2.04. The average Bonchev–Trinajstić information content (AvgIpc) is 3.00. The fraction of sp³-hybridized carbons (Fsp3) is 0. The standard InChI is InChI=1S/C9H8N8/c10-8-12-3-6(4-13-8)7-14-9(16-15-7)17-2-1-11-5-17/h1-5H,(H2,10,12,13)(H,14,15,16). The van der Waals surface area contributed by atoms with Crippen molar-refractivity contribution in [2.45, 2.75) is 0 Å². The summed E-state index contributed by atoms with van der Waals surface area (Å²) in [7, 11) is 0. The molecule has 3 heterocycles. The molecule has 0 unspecified atom stereocenters. The van der Waals surface area contributed by atoms with Gasteiger partial charge in [-0.05, 0) is 0 Å². The maximum atomic E-state index is 5.41. The Hall–Kier alpha value is -2.77. The highest BCUT2D eigenvalue weighted by atomic mass is 15.3. The molecular formula is C9H8N8. The van der Waals surface area contributed by atoms with E-state index in [1.165, 1.54) is 0 Å². The Labute approximate surface area is 95.6 Å². The third kappa shape index (κ3) is 1.71. The van der Waals surface area contributed by atoms with Gasteiger partial charge in [-0.2, -0.15) is 4.98 Å². The highest BCUT2D eigenvalue weighted by Gasteiger charge is 2.07. The number of aromatic amines is 1. The van der Waals surface area contributed by atoms with E-state index < -0.39 is 0 Å². The van der Waals surface area contributed by atoms with Crippen LogP contribution in [0.25, 0.3) is 17.3 Å². The van der Waals surface area contributed by atoms with Crippen molar-refractivity contribution in [3.8, 4) is 17.3 Å². The molecule has 8 heteroatoms. The minimum Gasteiger partial charge on any atom is -0.368 e. The number of nitrogens with two attached hydrogens (primary N) is 1. The molecule has 0 aliphatic rings. The van der Waals surface area contributed by atoms with Crippen LogP contribution in [0.15, 0.2) is 31.1 Å². The first-order valence-corrected chi connectivity index (χ1v) is 4.81. The topological polar surface area (TPSA) is 111 Å². The predicted octanol–water partition coefficient (Wildman–Crippen LogP) is 0.0296. The number of H-pyrrole nitrogens is 1. The molecule has 3 N–H and O–H groups in total. The van der Waals surface area contributed by atoms with Gasteiger partial charge in [0.15, 0.2) is 5.82 Å². The van der Waals surface area contributed by atoms with E-state index in [0.29, 0.717) is 11.8 Å². The molecule has 3 aromatic rings. The number of nitrogen functional groups attached to an aromatic ring is 1. The first kappa shape index (κ1) is 9.46. The molecule has 0 atom stereocenters. The zero-order valence-corrected chi connectivity index (χ0v) is 8.65. The summed E-state index contributed by atoms with van der Waals surface area (Å²) in [5.74, 6) is 1.31. The molecule has 0 bridgehead atoms. The van der Waals surface area contributed by atoms with Gasteiger partial charge in [0.25, 0.3) is 5.95 Å². The molecule has 0 radical (unpaired) electrons. The van der Waals surface area contributed by atoms with Gasteiger partial charge in [-0.25, -0.2) is 15.0 Å². The van der Waals surface area contributed by atoms with Gasteiger partial charge in [0, 0.05) is 24.8 Å². The summed E-state index contributed by atoms with van der Waals surface area (Å²) in [6.45, 7) is 0. The fourth-order valence-electron chi connectivity index (χ4n) is 1.34. The molecule has 0 saturated heterocycles. The monoisotopic (exact) mass is 228 g/mol. The molecule has 8 nitrogen and oxygen atoms in total. The molecule has 84 valence electrons. The second kappa shape index (κ2) is 3.67. The van der Waals surface area contributed by atoms with Gasteiger partial charge in [0.05, 0.1) is 5.56 Å². The van der Waals surface area contributed by atoms with Gasteiger partial charge in [-0.3, -0.25) is 9.67 Å². The molecule has 0 aliphatic heterocycles. The quantitative estimate of drug-likeness (QED) is 0.640. The van der Waals surface area contributed by atoms with Gasteiger partial charge in [0.2, 0.25) is 5.95 Å². The van der Waals surface area contributed by atoms with Gasteiger partial charge in [0.1, 0.15) is 6.33 Å². The zero-order valence-electron chi connectivity index (χ0n) is 8.65. The van der Waals surface area contributed by atoms with Crippen molar-refractivity contribution in [3.05, 3.63) is 31.1 Å². The smallest absolute Gasteiger partial charge is 0.254 e. The van der Waals surface area contributed by atoms with Crippen LogP contribution in [0.2, 0.25) is 0 Å². The van der Waals surface area contributed by atoms with Gasteiger partial charge in [-0.1, -0.05) is 0 Å². The van der Waals surface area contributed by atoms with Crippen LogP contribution >= 0.6 is 0 Å². The van der Waals surface area contributed by atoms with E-state index in [4.69, 9.17) is 5.73 Å². The summed E-state index contributed by atoms with van der Waals surface area (Å²) >= 11 is 0. The lowest BCUT2D eigenvalue weighted by Crippen LogP contribution is -1.94. The first-order chi connectivity index (χ1) is 8.33. The van der Waals surface area contributed by atoms with Crippen LogP contribution in [0, 0.1) is 0 Å². The molecular weight excluding hydrogens is 220 g/mol. The van der Waals surface area contributed by atoms with Crippen LogP contribution in [0.5, 0.6) is 0 Å². The van der Waals surface area contributed by atoms with Crippen molar-refractivity contribution < 1.29 is 0 Å². The van der Waals surface area contributed by atoms with E-state index >= 15 is 0 Å². The van der Waals surface area contributed by atoms with E-state index in [-0.39, 0.29) is 5.95 Å². The van der Waals surface area contributed by atoms with Crippen molar-refractivity contribution in [1.82, 2.24) is 34.7 Å². The molecule has 3 rings (SSSR count). The molecule has 3 aromatic heterocycles. The maximum Gasteiger partial charge on any atom is 0.254 e. The Morgan fingerprint density at radius 2 is 2.06 bits per heavy atom. The van der Waals surface area contributed by atoms with Crippen molar-refractivity contribution in [3.63, 3.8) is 0 Å². The summed E-state index contributed by atoms with van der Waals surface area (Å²) < 4.78 is 1.69. The summed E-state index contributed by atoms with van der Waals surface area (Å²) in [4.78, 5) is 16.0. The lowest BCUT2D eigenvalue weighted by atomic mass is 10.3. The van der Waals surface area contributed by atoms with Crippen molar-refractivity contribution in [1.29, 1.82) is 0 Å². The van der Waals surface area contributed by atoms with Crippen LogP contribution < -0.4 is 5.73 Å². The number of imidazole rings is 1. The Morgan fingerprint density at radius 3 is 2.76 bits per heavy atom. The summed E-state index contributed by atoms with van der Waals surface area (Å²) in [6.07, 6.45) is 8.20. The summed E-state index contributed by atoms with van der Waals surface area (Å²) in [6, 6.07) is 0. The lowest BCUT2D eigenvalue weighted by molar-refractivity contribution is 0.931. The molecule has 0 spiro atoms. The van der Waals surface area contributed by atoms with Crippen molar-refractivity contribution in [2.24, 2.45) is 0 Å². The van der Waals surface area contributed by atoms with Crippen LogP contribution in [0.1, 0.15) is 0 Å². The Bertz CT molecular complexity index is 609. The van der Waals surface area contributed by atoms with Crippen LogP contribution in [-0.4, -0.2) is 34.7 Å². The number of hydrogen-bond acceptors (Lipinski definition) is 6. The second-order valence-corrected chi connectivity index (χ2v) is 3.28. The molecule has 0 aliphatic carbocycles. The van der Waals surface area contributed by atoms with E-state index in [1.54, 1.807) is 35.7 Å². The lowest BCUT2D eigenvalue weighted by Gasteiger charge is -1.94. The highest BCUT2D eigenvalue weighted by Crippen LogP contribution is 2.13. The van der Waals surface area contributed by atoms with Gasteiger partial charge >= 0.3 is 0 Å². The highest BCUT2D eigenvalue weighted by molar-refractivity contribution is 5.52. The van der Waals surface area contributed by atoms with Crippen LogP contribution in [0.4, 0.5) is 5.95 Å². The zero-order chi connectivity index (χ0) is 11.7. The van der Waals surface area contributed by atoms with E-state index in [9.17, 15) is 0 Å². The maximum absolute atomic E-state index is 5.41. The van der Waals surface area contributed by atoms with Crippen LogP contribution in [0.3, 0.4) is 0 Å². The molecule has 0 amide bonds. The van der Waals surface area contributed by atoms with Crippen molar-refractivity contribution in [2.75, 3.05) is 5.73 Å². The van der Waals surface area contributed by atoms with Crippen molar-refractivity contribution >= 4 is 5.95 Å². The molecule has 17 heavy (non-hydrogen) atoms. The largest absolute Gasteiger partial charge is 0.368 e. The number of nitrogens with zero attached hydrogens (tertiary/aromatic N) is 6. The SMILES string of the molecule is Nc1ncc(-c2nc(-n3ccnc3)n[nH]2)cn1. The molecule has 0 fully saturated rings.